The van der Waals surface area contributed by atoms with E-state index in [0.717, 1.165) is 0 Å². The lowest BCUT2D eigenvalue weighted by Crippen LogP contribution is -2.16. The summed E-state index contributed by atoms with van der Waals surface area (Å²) in [7, 11) is 1.44. The van der Waals surface area contributed by atoms with Crippen LogP contribution >= 0.6 is 0 Å². The van der Waals surface area contributed by atoms with Crippen LogP contribution < -0.4 is 15.8 Å². The monoisotopic (exact) mass is 458 g/mol. The summed E-state index contributed by atoms with van der Waals surface area (Å²) in [6.07, 6.45) is 1.51. The summed E-state index contributed by atoms with van der Waals surface area (Å²) >= 11 is 0. The quantitative estimate of drug-likeness (QED) is 0.227. The van der Waals surface area contributed by atoms with Gasteiger partial charge in [-0.05, 0) is 48.5 Å². The average molecular weight is 458 g/mol. The van der Waals surface area contributed by atoms with Crippen molar-refractivity contribution in [2.75, 3.05) is 12.4 Å². The summed E-state index contributed by atoms with van der Waals surface area (Å²) in [5, 5.41) is 20.0. The fourth-order valence-electron chi connectivity index (χ4n) is 3.31. The van der Waals surface area contributed by atoms with Gasteiger partial charge in [0.2, 0.25) is 0 Å². The Morgan fingerprint density at radius 2 is 1.79 bits per heavy atom. The number of hydrogen-bond donors (Lipinski definition) is 4. The largest absolute Gasteiger partial charge is 0.496 e. The number of hydrogen-bond acceptors (Lipinski definition) is 6. The second-order valence-corrected chi connectivity index (χ2v) is 7.24. The number of rotatable bonds is 8. The third kappa shape index (κ3) is 4.83. The molecule has 1 heterocycles. The van der Waals surface area contributed by atoms with E-state index in [1.54, 1.807) is 24.3 Å². The van der Waals surface area contributed by atoms with Crippen molar-refractivity contribution in [3.05, 3.63) is 83.2 Å². The Labute approximate surface area is 195 Å². The molecule has 5 N–H and O–H groups in total. The van der Waals surface area contributed by atoms with E-state index in [9.17, 15) is 19.5 Å². The van der Waals surface area contributed by atoms with Crippen LogP contribution in [0.4, 0.5) is 5.69 Å². The van der Waals surface area contributed by atoms with Crippen LogP contribution in [0.2, 0.25) is 0 Å². The number of amides is 1. The second-order valence-electron chi connectivity index (χ2n) is 7.24. The van der Waals surface area contributed by atoms with Gasteiger partial charge in [-0.2, -0.15) is 0 Å². The molecule has 34 heavy (non-hydrogen) atoms. The molecule has 0 saturated carbocycles. The van der Waals surface area contributed by atoms with Gasteiger partial charge in [0.1, 0.15) is 17.3 Å². The number of methoxy groups -OCH3 is 1. The zero-order valence-corrected chi connectivity index (χ0v) is 18.5. The molecule has 0 fully saturated rings. The number of nitrogen functional groups attached to an aromatic ring is 1. The van der Waals surface area contributed by atoms with Crippen LogP contribution in [0.25, 0.3) is 17.2 Å². The molecule has 0 aliphatic carbocycles. The van der Waals surface area contributed by atoms with Gasteiger partial charge in [-0.15, -0.1) is 0 Å². The second kappa shape index (κ2) is 9.78. The van der Waals surface area contributed by atoms with Gasteiger partial charge in [-0.1, -0.05) is 12.7 Å². The molecule has 172 valence electrons. The number of amidine groups is 1. The number of nitrogens with zero attached hydrogens (tertiary/aromatic N) is 1. The normalized spacial score (nSPS) is 10.3. The van der Waals surface area contributed by atoms with Crippen molar-refractivity contribution in [1.29, 1.82) is 5.41 Å². The standard InChI is InChI=1S/C25H22N4O5/c1-4-14-11-19(24(31)28-16-7-5-15(6-8-16)23(26)27)18(12-21(14)34-3)17-9-10-20(13(2)30)29-22(17)25(32)33/h4-12H,1H2,2-3H3,(H3,26,27)(H,28,31)(H,32,33). The Kier molecular flexibility index (Phi) is 6.87. The van der Waals surface area contributed by atoms with E-state index in [-0.39, 0.29) is 39.7 Å². The molecule has 0 atom stereocenters. The van der Waals surface area contributed by atoms with E-state index < -0.39 is 11.9 Å². The number of ketones is 1. The number of carboxylic acids is 1. The number of nitrogens with two attached hydrogens (primary N) is 1. The Balaban J connectivity index is 2.17. The Morgan fingerprint density at radius 1 is 1.12 bits per heavy atom. The lowest BCUT2D eigenvalue weighted by Gasteiger charge is -2.16. The van der Waals surface area contributed by atoms with Gasteiger partial charge in [0.05, 0.1) is 7.11 Å². The molecule has 0 radical (unpaired) electrons. The summed E-state index contributed by atoms with van der Waals surface area (Å²) in [5.74, 6) is -1.99. The topological polar surface area (TPSA) is 155 Å². The fraction of sp³-hybridized carbons (Fsp3) is 0.0800. The first kappa shape index (κ1) is 23.9. The van der Waals surface area contributed by atoms with Crippen molar-refractivity contribution in [2.24, 2.45) is 5.73 Å². The predicted molar refractivity (Wildman–Crippen MR) is 129 cm³/mol. The number of aromatic nitrogens is 1. The number of anilines is 1. The first-order valence-corrected chi connectivity index (χ1v) is 10.0. The lowest BCUT2D eigenvalue weighted by atomic mass is 9.94. The molecule has 0 saturated heterocycles. The number of benzene rings is 2. The van der Waals surface area contributed by atoms with E-state index in [2.05, 4.69) is 16.9 Å². The maximum absolute atomic E-state index is 13.3. The molecule has 0 aliphatic rings. The molecule has 0 aliphatic heterocycles. The van der Waals surface area contributed by atoms with E-state index >= 15 is 0 Å². The Bertz CT molecular complexity index is 1330. The molecular formula is C25H22N4O5. The minimum Gasteiger partial charge on any atom is -0.496 e. The zero-order chi connectivity index (χ0) is 25.0. The molecule has 0 unspecified atom stereocenters. The first-order chi connectivity index (χ1) is 16.2. The number of carbonyl (C=O) groups excluding carboxylic acids is 2. The molecule has 1 amide bonds. The summed E-state index contributed by atoms with van der Waals surface area (Å²) in [4.78, 5) is 40.9. The van der Waals surface area contributed by atoms with E-state index in [4.69, 9.17) is 15.9 Å². The van der Waals surface area contributed by atoms with Gasteiger partial charge < -0.3 is 20.9 Å². The van der Waals surface area contributed by atoms with Gasteiger partial charge in [-0.3, -0.25) is 15.0 Å². The van der Waals surface area contributed by atoms with E-state index in [0.29, 0.717) is 22.6 Å². The summed E-state index contributed by atoms with van der Waals surface area (Å²) in [5.41, 5.74) is 7.09. The smallest absolute Gasteiger partial charge is 0.355 e. The van der Waals surface area contributed by atoms with Crippen LogP contribution in [0.3, 0.4) is 0 Å². The molecule has 9 heteroatoms. The maximum atomic E-state index is 13.3. The molecule has 0 spiro atoms. The van der Waals surface area contributed by atoms with E-state index in [1.807, 2.05) is 0 Å². The van der Waals surface area contributed by atoms with Crippen molar-refractivity contribution < 1.29 is 24.2 Å². The number of carbonyl (C=O) groups is 3. The summed E-state index contributed by atoms with van der Waals surface area (Å²) < 4.78 is 5.39. The van der Waals surface area contributed by atoms with Crippen molar-refractivity contribution in [2.45, 2.75) is 6.92 Å². The van der Waals surface area contributed by atoms with Crippen LogP contribution in [-0.4, -0.2) is 40.7 Å². The number of Topliss-reactive ketones (excluding diaryl/α,β-unsaturated/α-hetero) is 1. The molecule has 2 aromatic carbocycles. The summed E-state index contributed by atoms with van der Waals surface area (Å²) in [6.45, 7) is 5.03. The number of nitrogens with one attached hydrogen (secondary N) is 2. The molecule has 0 bridgehead atoms. The minimum atomic E-state index is -1.35. The Hall–Kier alpha value is -4.79. The minimum absolute atomic E-state index is 0.00705. The predicted octanol–water partition coefficient (Wildman–Crippen LogP) is 3.84. The number of ether oxygens (including phenoxy) is 1. The van der Waals surface area contributed by atoms with Crippen molar-refractivity contribution >= 4 is 35.3 Å². The zero-order valence-electron chi connectivity index (χ0n) is 18.5. The van der Waals surface area contributed by atoms with Crippen LogP contribution in [0.5, 0.6) is 5.75 Å². The molecule has 1 aromatic heterocycles. The highest BCUT2D eigenvalue weighted by molar-refractivity contribution is 6.11. The van der Waals surface area contributed by atoms with Gasteiger partial charge in [0.25, 0.3) is 5.91 Å². The third-order valence-corrected chi connectivity index (χ3v) is 5.04. The van der Waals surface area contributed by atoms with Crippen LogP contribution in [0.15, 0.2) is 55.1 Å². The van der Waals surface area contributed by atoms with Gasteiger partial charge in [0.15, 0.2) is 11.5 Å². The molecule has 9 nitrogen and oxygen atoms in total. The van der Waals surface area contributed by atoms with Gasteiger partial charge in [-0.25, -0.2) is 9.78 Å². The number of aromatic carboxylic acids is 1. The highest BCUT2D eigenvalue weighted by atomic mass is 16.5. The van der Waals surface area contributed by atoms with Crippen LogP contribution in [-0.2, 0) is 0 Å². The van der Waals surface area contributed by atoms with Crippen molar-refractivity contribution in [1.82, 2.24) is 4.98 Å². The van der Waals surface area contributed by atoms with E-state index in [1.165, 1.54) is 44.4 Å². The van der Waals surface area contributed by atoms with Crippen molar-refractivity contribution in [3.63, 3.8) is 0 Å². The van der Waals surface area contributed by atoms with Crippen molar-refractivity contribution in [3.8, 4) is 16.9 Å². The highest BCUT2D eigenvalue weighted by Gasteiger charge is 2.23. The number of pyridine rings is 1. The van der Waals surface area contributed by atoms with Gasteiger partial charge in [0, 0.05) is 40.4 Å². The summed E-state index contributed by atoms with van der Waals surface area (Å²) in [6, 6.07) is 12.3. The lowest BCUT2D eigenvalue weighted by molar-refractivity contribution is 0.0691. The average Bonchev–Trinajstić information content (AvgIpc) is 2.82. The van der Waals surface area contributed by atoms with Crippen LogP contribution in [0.1, 0.15) is 49.4 Å². The first-order valence-electron chi connectivity index (χ1n) is 10.0. The van der Waals surface area contributed by atoms with Crippen LogP contribution in [0, 0.1) is 5.41 Å². The molecule has 3 aromatic rings. The third-order valence-electron chi connectivity index (χ3n) is 5.04. The van der Waals surface area contributed by atoms with Gasteiger partial charge >= 0.3 is 5.97 Å². The fourth-order valence-corrected chi connectivity index (χ4v) is 3.31. The maximum Gasteiger partial charge on any atom is 0.355 e. The molecule has 3 rings (SSSR count). The highest BCUT2D eigenvalue weighted by Crippen LogP contribution is 2.34. The number of carboxylic acid groups (broad SMARTS) is 1. The SMILES string of the molecule is C=Cc1cc(C(=O)Nc2ccc(C(=N)N)cc2)c(-c2ccc(C(C)=O)nc2C(=O)O)cc1OC. The Morgan fingerprint density at radius 3 is 2.32 bits per heavy atom. The molecular weight excluding hydrogens is 436 g/mol.